The zero-order valence-corrected chi connectivity index (χ0v) is 44.0. The summed E-state index contributed by atoms with van der Waals surface area (Å²) in [5.74, 6) is -0.0881. The minimum Gasteiger partial charge on any atom is -0.321 e. The van der Waals surface area contributed by atoms with Gasteiger partial charge in [0.1, 0.15) is 5.78 Å². The van der Waals surface area contributed by atoms with Crippen molar-refractivity contribution in [2.75, 3.05) is 0 Å². The number of ketones is 3. The van der Waals surface area contributed by atoms with Crippen LogP contribution in [0, 0.1) is 0 Å². The molecule has 0 rings (SSSR count). The highest BCUT2D eigenvalue weighted by molar-refractivity contribution is 6.07. The van der Waals surface area contributed by atoms with E-state index in [0.29, 0.717) is 24.8 Å². The number of unbranched alkanes of at least 4 members (excludes halogenated alkanes) is 44. The fourth-order valence-corrected chi connectivity index (χ4v) is 9.55. The fourth-order valence-electron chi connectivity index (χ4n) is 9.55. The Labute approximate surface area is 401 Å². The van der Waals surface area contributed by atoms with Gasteiger partial charge in [0.15, 0.2) is 11.6 Å². The van der Waals surface area contributed by atoms with E-state index in [9.17, 15) is 14.4 Å². The lowest BCUT2D eigenvalue weighted by atomic mass is 9.94. The number of nitrogens with two attached hydrogens (primary N) is 1. The molecule has 0 aromatic carbocycles. The second-order valence-corrected chi connectivity index (χ2v) is 20.7. The van der Waals surface area contributed by atoms with Gasteiger partial charge in [0, 0.05) is 24.8 Å². The first-order chi connectivity index (χ1) is 31.5. The number of Topliss-reactive ketones (excluding diaryl/α,β-unsaturated/α-hetero) is 2. The zero-order chi connectivity index (χ0) is 46.7. The van der Waals surface area contributed by atoms with Gasteiger partial charge in [0.05, 0.1) is 6.04 Å². The third-order valence-electron chi connectivity index (χ3n) is 14.1. The minimum absolute atomic E-state index is 0.0155. The summed E-state index contributed by atoms with van der Waals surface area (Å²) in [5.41, 5.74) is 6.82. The van der Waals surface area contributed by atoms with Crippen LogP contribution in [0.4, 0.5) is 0 Å². The molecule has 0 radical (unpaired) electrons. The Morgan fingerprint density at radius 3 is 0.844 bits per heavy atom. The molecule has 0 amide bonds. The molecule has 0 aliphatic heterocycles. The smallest absolute Gasteiger partial charge is 0.172 e. The summed E-state index contributed by atoms with van der Waals surface area (Å²) in [4.78, 5) is 40.0. The molecule has 0 aliphatic carbocycles. The maximum atomic E-state index is 13.5. The van der Waals surface area contributed by atoms with Crippen molar-refractivity contribution in [3.05, 3.63) is 11.6 Å². The van der Waals surface area contributed by atoms with Crippen molar-refractivity contribution in [3.63, 3.8) is 0 Å². The number of carbonyl (C=O) groups is 3. The molecule has 1 atom stereocenters. The molecule has 1 unspecified atom stereocenters. The normalized spacial score (nSPS) is 12.3. The summed E-state index contributed by atoms with van der Waals surface area (Å²) >= 11 is 0. The van der Waals surface area contributed by atoms with Crippen molar-refractivity contribution >= 4 is 17.3 Å². The number of carbonyl (C=O) groups excluding carboxylic acids is 3. The van der Waals surface area contributed by atoms with Crippen LogP contribution in [0.25, 0.3) is 0 Å². The third kappa shape index (κ3) is 47.2. The summed E-state index contributed by atoms with van der Waals surface area (Å²) in [6.45, 7) is 6.85. The Hall–Kier alpha value is -1.29. The first kappa shape index (κ1) is 62.7. The Morgan fingerprint density at radius 2 is 0.562 bits per heavy atom. The second-order valence-electron chi connectivity index (χ2n) is 20.7. The summed E-state index contributed by atoms with van der Waals surface area (Å²) in [6.07, 6.45) is 64.5. The molecular formula is C60H115NO3. The fraction of sp³-hybridized carbons (Fsp3) is 0.917. The van der Waals surface area contributed by atoms with Crippen LogP contribution in [0.3, 0.4) is 0 Å². The third-order valence-corrected chi connectivity index (χ3v) is 14.1. The number of hydrogen-bond donors (Lipinski definition) is 1. The van der Waals surface area contributed by atoms with E-state index in [1.165, 1.54) is 263 Å². The first-order valence-electron chi connectivity index (χ1n) is 29.5. The molecule has 64 heavy (non-hydrogen) atoms. The Bertz CT molecular complexity index is 1020. The first-order valence-corrected chi connectivity index (χ1v) is 29.5. The van der Waals surface area contributed by atoms with Crippen LogP contribution in [-0.4, -0.2) is 23.4 Å². The lowest BCUT2D eigenvalue weighted by Gasteiger charge is -2.11. The highest BCUT2D eigenvalue weighted by Crippen LogP contribution is 2.20. The van der Waals surface area contributed by atoms with E-state index in [0.717, 1.165) is 44.9 Å². The average Bonchev–Trinajstić information content (AvgIpc) is 3.29. The highest BCUT2D eigenvalue weighted by Gasteiger charge is 2.18. The zero-order valence-electron chi connectivity index (χ0n) is 44.0. The number of allylic oxidation sites excluding steroid dienone is 1. The van der Waals surface area contributed by atoms with Gasteiger partial charge in [-0.1, -0.05) is 310 Å². The van der Waals surface area contributed by atoms with E-state index in [2.05, 4.69) is 20.8 Å². The van der Waals surface area contributed by atoms with E-state index in [1.807, 2.05) is 0 Å². The van der Waals surface area contributed by atoms with E-state index >= 15 is 0 Å². The molecule has 0 aliphatic rings. The lowest BCUT2D eigenvalue weighted by Crippen LogP contribution is -2.29. The van der Waals surface area contributed by atoms with E-state index in [4.69, 9.17) is 5.73 Å². The molecule has 0 aromatic heterocycles. The van der Waals surface area contributed by atoms with Crippen LogP contribution < -0.4 is 5.73 Å². The van der Waals surface area contributed by atoms with Crippen LogP contribution >= 0.6 is 0 Å². The van der Waals surface area contributed by atoms with Crippen molar-refractivity contribution in [2.45, 2.75) is 354 Å². The molecule has 0 aromatic rings. The Morgan fingerprint density at radius 1 is 0.328 bits per heavy atom. The van der Waals surface area contributed by atoms with E-state index in [1.54, 1.807) is 0 Å². The minimum atomic E-state index is -0.587. The SMILES string of the molecule is CCCCCCCCCCCCCCCCCCC(=O)C/C(=C/C(=O)C(N)CCCCCCCCCCCCCCCCC)C(=O)CCCCCCCCCCCCCCCCCC. The van der Waals surface area contributed by atoms with Gasteiger partial charge >= 0.3 is 0 Å². The van der Waals surface area contributed by atoms with Crippen LogP contribution in [0.2, 0.25) is 0 Å². The van der Waals surface area contributed by atoms with Crippen molar-refractivity contribution in [2.24, 2.45) is 5.73 Å². The highest BCUT2D eigenvalue weighted by atomic mass is 16.1. The predicted molar refractivity (Wildman–Crippen MR) is 284 cm³/mol. The van der Waals surface area contributed by atoms with Gasteiger partial charge in [0.25, 0.3) is 0 Å². The lowest BCUT2D eigenvalue weighted by molar-refractivity contribution is -0.121. The monoisotopic (exact) mass is 898 g/mol. The topological polar surface area (TPSA) is 77.2 Å². The molecule has 2 N–H and O–H groups in total. The van der Waals surface area contributed by atoms with Crippen LogP contribution in [-0.2, 0) is 14.4 Å². The maximum absolute atomic E-state index is 13.5. The van der Waals surface area contributed by atoms with Crippen molar-refractivity contribution in [1.82, 2.24) is 0 Å². The van der Waals surface area contributed by atoms with Gasteiger partial charge in [-0.15, -0.1) is 0 Å². The van der Waals surface area contributed by atoms with Gasteiger partial charge in [0.2, 0.25) is 0 Å². The van der Waals surface area contributed by atoms with Crippen LogP contribution in [0.5, 0.6) is 0 Å². The van der Waals surface area contributed by atoms with E-state index < -0.39 is 6.04 Å². The molecule has 0 fully saturated rings. The van der Waals surface area contributed by atoms with Crippen LogP contribution in [0.15, 0.2) is 11.6 Å². The van der Waals surface area contributed by atoms with Gasteiger partial charge in [-0.2, -0.15) is 0 Å². The van der Waals surface area contributed by atoms with Gasteiger partial charge < -0.3 is 5.73 Å². The summed E-state index contributed by atoms with van der Waals surface area (Å²) in [7, 11) is 0. The quantitative estimate of drug-likeness (QED) is 0.0487. The summed E-state index contributed by atoms with van der Waals surface area (Å²) in [5, 5.41) is 0. The van der Waals surface area contributed by atoms with Crippen LogP contribution in [0.1, 0.15) is 348 Å². The molecule has 4 nitrogen and oxygen atoms in total. The standard InChI is InChI=1S/C60H115NO3/c1-4-7-10-13-16-19-22-25-28-31-33-36-39-42-45-48-51-57(62)54-56(59(63)53-50-47-44-41-38-35-32-29-26-23-20-17-14-11-8-5-2)55-60(64)58(61)52-49-46-43-40-37-34-30-27-24-21-18-15-12-9-6-3/h55,58H,4-54,61H2,1-3H3/b56-55-. The predicted octanol–water partition coefficient (Wildman–Crippen LogP) is 19.9. The van der Waals surface area contributed by atoms with Gasteiger partial charge in [-0.05, 0) is 25.3 Å². The molecular weight excluding hydrogens is 783 g/mol. The Balaban J connectivity index is 4.50. The van der Waals surface area contributed by atoms with Crippen molar-refractivity contribution < 1.29 is 14.4 Å². The van der Waals surface area contributed by atoms with Gasteiger partial charge in [-0.3, -0.25) is 14.4 Å². The number of hydrogen-bond acceptors (Lipinski definition) is 4. The summed E-state index contributed by atoms with van der Waals surface area (Å²) in [6, 6.07) is -0.587. The number of rotatable bonds is 55. The molecule has 378 valence electrons. The summed E-state index contributed by atoms with van der Waals surface area (Å²) < 4.78 is 0. The average molecular weight is 899 g/mol. The molecule has 0 bridgehead atoms. The molecule has 0 heterocycles. The van der Waals surface area contributed by atoms with Crippen molar-refractivity contribution in [3.8, 4) is 0 Å². The Kier molecular flexibility index (Phi) is 51.6. The second kappa shape index (κ2) is 52.7. The van der Waals surface area contributed by atoms with E-state index in [-0.39, 0.29) is 23.8 Å². The molecule has 0 saturated carbocycles. The molecule has 4 heteroatoms. The van der Waals surface area contributed by atoms with Crippen molar-refractivity contribution in [1.29, 1.82) is 0 Å². The molecule has 0 spiro atoms. The largest absolute Gasteiger partial charge is 0.321 e. The van der Waals surface area contributed by atoms with Gasteiger partial charge in [-0.25, -0.2) is 0 Å². The maximum Gasteiger partial charge on any atom is 0.172 e. The molecule has 0 saturated heterocycles.